The third-order valence-corrected chi connectivity index (χ3v) is 3.41. The number of nitrogens with one attached hydrogen (secondary N) is 2. The van der Waals surface area contributed by atoms with Crippen molar-refractivity contribution in [3.63, 3.8) is 0 Å². The SMILES string of the molecule is CCOc1ccc(NC(=O)c2cc(C(C)(C)C)[nH]n2)cc1CO. The van der Waals surface area contributed by atoms with Crippen molar-refractivity contribution in [1.82, 2.24) is 10.2 Å². The Morgan fingerprint density at radius 3 is 2.65 bits per heavy atom. The molecule has 0 aliphatic heterocycles. The van der Waals surface area contributed by atoms with Crippen molar-refractivity contribution in [3.05, 3.63) is 41.2 Å². The summed E-state index contributed by atoms with van der Waals surface area (Å²) in [5.41, 5.74) is 2.33. The van der Waals surface area contributed by atoms with Gasteiger partial charge < -0.3 is 15.2 Å². The maximum Gasteiger partial charge on any atom is 0.276 e. The van der Waals surface area contributed by atoms with Gasteiger partial charge in [0.05, 0.1) is 13.2 Å². The molecule has 124 valence electrons. The number of aromatic amines is 1. The van der Waals surface area contributed by atoms with Crippen molar-refractivity contribution in [2.24, 2.45) is 0 Å². The van der Waals surface area contributed by atoms with E-state index in [1.165, 1.54) is 0 Å². The van der Waals surface area contributed by atoms with Crippen LogP contribution >= 0.6 is 0 Å². The fraction of sp³-hybridized carbons (Fsp3) is 0.412. The van der Waals surface area contributed by atoms with Gasteiger partial charge in [-0.3, -0.25) is 9.89 Å². The number of carbonyl (C=O) groups excluding carboxylic acids is 1. The summed E-state index contributed by atoms with van der Waals surface area (Å²) < 4.78 is 5.42. The number of aliphatic hydroxyl groups is 1. The predicted octanol–water partition coefficient (Wildman–Crippen LogP) is 2.85. The van der Waals surface area contributed by atoms with Gasteiger partial charge in [0.2, 0.25) is 0 Å². The Hall–Kier alpha value is -2.34. The molecule has 0 aliphatic rings. The van der Waals surface area contributed by atoms with Gasteiger partial charge in [0, 0.05) is 22.4 Å². The van der Waals surface area contributed by atoms with Crippen LogP contribution in [0.3, 0.4) is 0 Å². The number of benzene rings is 1. The number of aromatic nitrogens is 2. The zero-order chi connectivity index (χ0) is 17.0. The monoisotopic (exact) mass is 317 g/mol. The maximum atomic E-state index is 12.3. The van der Waals surface area contributed by atoms with E-state index in [-0.39, 0.29) is 17.9 Å². The van der Waals surface area contributed by atoms with E-state index in [0.717, 1.165) is 5.69 Å². The number of hydrogen-bond acceptors (Lipinski definition) is 4. The molecule has 3 N–H and O–H groups in total. The molecule has 6 heteroatoms. The van der Waals surface area contributed by atoms with Gasteiger partial charge in [-0.1, -0.05) is 20.8 Å². The van der Waals surface area contributed by atoms with Gasteiger partial charge in [-0.25, -0.2) is 0 Å². The van der Waals surface area contributed by atoms with Crippen LogP contribution in [0.4, 0.5) is 5.69 Å². The fourth-order valence-electron chi connectivity index (χ4n) is 2.09. The molecule has 0 atom stereocenters. The van der Waals surface area contributed by atoms with E-state index < -0.39 is 0 Å². The first-order chi connectivity index (χ1) is 10.8. The van der Waals surface area contributed by atoms with Crippen molar-refractivity contribution in [1.29, 1.82) is 0 Å². The molecule has 1 heterocycles. The number of nitrogens with zero attached hydrogens (tertiary/aromatic N) is 1. The lowest BCUT2D eigenvalue weighted by Gasteiger charge is -2.14. The van der Waals surface area contributed by atoms with Crippen LogP contribution in [0.25, 0.3) is 0 Å². The highest BCUT2D eigenvalue weighted by Crippen LogP contribution is 2.24. The van der Waals surface area contributed by atoms with Gasteiger partial charge >= 0.3 is 0 Å². The van der Waals surface area contributed by atoms with Crippen LogP contribution < -0.4 is 10.1 Å². The number of anilines is 1. The smallest absolute Gasteiger partial charge is 0.276 e. The molecular formula is C17H23N3O3. The van der Waals surface area contributed by atoms with Crippen LogP contribution in [-0.4, -0.2) is 27.8 Å². The molecule has 2 rings (SSSR count). The molecule has 0 bridgehead atoms. The summed E-state index contributed by atoms with van der Waals surface area (Å²) in [7, 11) is 0. The van der Waals surface area contributed by atoms with E-state index >= 15 is 0 Å². The summed E-state index contributed by atoms with van der Waals surface area (Å²) >= 11 is 0. The van der Waals surface area contributed by atoms with Crippen LogP contribution in [0.15, 0.2) is 24.3 Å². The molecule has 6 nitrogen and oxygen atoms in total. The van der Waals surface area contributed by atoms with Crippen LogP contribution in [0.5, 0.6) is 5.75 Å². The first kappa shape index (κ1) is 17.0. The number of rotatable bonds is 5. The molecule has 0 unspecified atom stereocenters. The minimum atomic E-state index is -0.301. The Balaban J connectivity index is 2.15. The van der Waals surface area contributed by atoms with Crippen molar-refractivity contribution in [2.75, 3.05) is 11.9 Å². The average molecular weight is 317 g/mol. The Labute approximate surface area is 135 Å². The summed E-state index contributed by atoms with van der Waals surface area (Å²) in [6.07, 6.45) is 0. The molecule has 0 aliphatic carbocycles. The molecule has 0 spiro atoms. The highest BCUT2D eigenvalue weighted by Gasteiger charge is 2.19. The zero-order valence-corrected chi connectivity index (χ0v) is 13.9. The molecule has 1 aromatic carbocycles. The van der Waals surface area contributed by atoms with Crippen molar-refractivity contribution < 1.29 is 14.6 Å². The van der Waals surface area contributed by atoms with E-state index in [1.54, 1.807) is 24.3 Å². The summed E-state index contributed by atoms with van der Waals surface area (Å²) in [5.74, 6) is 0.313. The van der Waals surface area contributed by atoms with E-state index in [1.807, 2.05) is 27.7 Å². The van der Waals surface area contributed by atoms with Gasteiger partial charge in [0.15, 0.2) is 5.69 Å². The maximum absolute atomic E-state index is 12.3. The van der Waals surface area contributed by atoms with E-state index in [9.17, 15) is 9.90 Å². The minimum absolute atomic E-state index is 0.102. The largest absolute Gasteiger partial charge is 0.494 e. The summed E-state index contributed by atoms with van der Waals surface area (Å²) in [5, 5.41) is 19.1. The second-order valence-electron chi connectivity index (χ2n) is 6.28. The highest BCUT2D eigenvalue weighted by atomic mass is 16.5. The Morgan fingerprint density at radius 1 is 1.35 bits per heavy atom. The van der Waals surface area contributed by atoms with E-state index in [4.69, 9.17) is 4.74 Å². The molecule has 1 aromatic heterocycles. The van der Waals surface area contributed by atoms with Gasteiger partial charge in [0.1, 0.15) is 5.75 Å². The standard InChI is InChI=1S/C17H23N3O3/c1-5-23-14-7-6-12(8-11(14)10-21)18-16(22)13-9-15(20-19-13)17(2,3)4/h6-9,21H,5,10H2,1-4H3,(H,18,22)(H,19,20). The number of aliphatic hydroxyl groups excluding tert-OH is 1. The van der Waals surface area contributed by atoms with E-state index in [0.29, 0.717) is 29.3 Å². The van der Waals surface area contributed by atoms with E-state index in [2.05, 4.69) is 15.5 Å². The zero-order valence-electron chi connectivity index (χ0n) is 13.9. The minimum Gasteiger partial charge on any atom is -0.494 e. The second kappa shape index (κ2) is 6.83. The number of ether oxygens (including phenoxy) is 1. The summed E-state index contributed by atoms with van der Waals surface area (Å²) in [6, 6.07) is 6.91. The lowest BCUT2D eigenvalue weighted by atomic mass is 9.92. The topological polar surface area (TPSA) is 87.2 Å². The van der Waals surface area contributed by atoms with Crippen molar-refractivity contribution in [2.45, 2.75) is 39.7 Å². The lowest BCUT2D eigenvalue weighted by Crippen LogP contribution is -2.13. The molecule has 0 saturated heterocycles. The third-order valence-electron chi connectivity index (χ3n) is 3.41. The average Bonchev–Trinajstić information content (AvgIpc) is 2.99. The molecular weight excluding hydrogens is 294 g/mol. The number of H-pyrrole nitrogens is 1. The van der Waals surface area contributed by atoms with Gasteiger partial charge in [-0.2, -0.15) is 5.10 Å². The van der Waals surface area contributed by atoms with Gasteiger partial charge in [-0.05, 0) is 31.2 Å². The molecule has 0 saturated carbocycles. The highest BCUT2D eigenvalue weighted by molar-refractivity contribution is 6.03. The number of hydrogen-bond donors (Lipinski definition) is 3. The van der Waals surface area contributed by atoms with Crippen LogP contribution in [0, 0.1) is 0 Å². The first-order valence-corrected chi connectivity index (χ1v) is 7.59. The quantitative estimate of drug-likeness (QED) is 0.791. The Bertz CT molecular complexity index is 687. The van der Waals surface area contributed by atoms with Gasteiger partial charge in [0.25, 0.3) is 5.91 Å². The van der Waals surface area contributed by atoms with Gasteiger partial charge in [-0.15, -0.1) is 0 Å². The normalized spacial score (nSPS) is 11.3. The first-order valence-electron chi connectivity index (χ1n) is 7.59. The Morgan fingerprint density at radius 2 is 2.09 bits per heavy atom. The molecule has 0 radical (unpaired) electrons. The third kappa shape index (κ3) is 4.10. The van der Waals surface area contributed by atoms with Crippen molar-refractivity contribution in [3.8, 4) is 5.75 Å². The summed E-state index contributed by atoms with van der Waals surface area (Å²) in [6.45, 7) is 8.37. The summed E-state index contributed by atoms with van der Waals surface area (Å²) in [4.78, 5) is 12.3. The number of amides is 1. The Kier molecular flexibility index (Phi) is 5.05. The molecule has 2 aromatic rings. The fourth-order valence-corrected chi connectivity index (χ4v) is 2.09. The van der Waals surface area contributed by atoms with Crippen LogP contribution in [0.2, 0.25) is 0 Å². The van der Waals surface area contributed by atoms with Crippen molar-refractivity contribution >= 4 is 11.6 Å². The van der Waals surface area contributed by atoms with Crippen LogP contribution in [-0.2, 0) is 12.0 Å². The number of carbonyl (C=O) groups is 1. The predicted molar refractivity (Wildman–Crippen MR) is 88.8 cm³/mol. The lowest BCUT2D eigenvalue weighted by molar-refractivity contribution is 0.102. The second-order valence-corrected chi connectivity index (χ2v) is 6.28. The molecule has 0 fully saturated rings. The van der Waals surface area contributed by atoms with Crippen LogP contribution in [0.1, 0.15) is 49.4 Å². The molecule has 1 amide bonds. The molecule has 23 heavy (non-hydrogen) atoms.